The Labute approximate surface area is 134 Å². The van der Waals surface area contributed by atoms with Crippen molar-refractivity contribution < 1.29 is 9.47 Å². The number of hydrogen-bond acceptors (Lipinski definition) is 4. The summed E-state index contributed by atoms with van der Waals surface area (Å²) in [5.74, 6) is 2.49. The van der Waals surface area contributed by atoms with Crippen molar-refractivity contribution in [2.24, 2.45) is 11.7 Å². The Hall–Kier alpha value is -1.26. The average molecular weight is 306 g/mol. The van der Waals surface area contributed by atoms with Crippen LogP contribution in [0.25, 0.3) is 0 Å². The van der Waals surface area contributed by atoms with Gasteiger partial charge in [-0.2, -0.15) is 0 Å². The Morgan fingerprint density at radius 3 is 2.64 bits per heavy atom. The lowest BCUT2D eigenvalue weighted by atomic mass is 9.99. The van der Waals surface area contributed by atoms with E-state index >= 15 is 0 Å². The van der Waals surface area contributed by atoms with Crippen LogP contribution < -0.4 is 15.2 Å². The quantitative estimate of drug-likeness (QED) is 0.841. The van der Waals surface area contributed by atoms with E-state index in [2.05, 4.69) is 17.9 Å². The smallest absolute Gasteiger partial charge is 0.161 e. The molecule has 0 radical (unpaired) electrons. The van der Waals surface area contributed by atoms with E-state index < -0.39 is 0 Å². The van der Waals surface area contributed by atoms with E-state index in [0.29, 0.717) is 6.61 Å². The number of benzene rings is 1. The van der Waals surface area contributed by atoms with Gasteiger partial charge in [0.2, 0.25) is 0 Å². The highest BCUT2D eigenvalue weighted by atomic mass is 16.5. The molecule has 4 nitrogen and oxygen atoms in total. The molecule has 1 unspecified atom stereocenters. The summed E-state index contributed by atoms with van der Waals surface area (Å²) in [4.78, 5) is 2.48. The molecule has 1 aromatic carbocycles. The van der Waals surface area contributed by atoms with E-state index in [0.717, 1.165) is 30.4 Å². The Morgan fingerprint density at radius 2 is 2.00 bits per heavy atom. The molecule has 1 saturated heterocycles. The molecule has 0 aliphatic carbocycles. The molecule has 1 aliphatic rings. The maximum atomic E-state index is 5.92. The van der Waals surface area contributed by atoms with Crippen LogP contribution in [-0.4, -0.2) is 44.3 Å². The molecular weight excluding hydrogens is 276 g/mol. The van der Waals surface area contributed by atoms with Gasteiger partial charge >= 0.3 is 0 Å². The summed E-state index contributed by atoms with van der Waals surface area (Å²) in [5, 5.41) is 0. The van der Waals surface area contributed by atoms with Crippen LogP contribution >= 0.6 is 0 Å². The van der Waals surface area contributed by atoms with Crippen molar-refractivity contribution in [1.82, 2.24) is 4.90 Å². The first-order valence-corrected chi connectivity index (χ1v) is 8.36. The van der Waals surface area contributed by atoms with Crippen LogP contribution in [0, 0.1) is 5.92 Å². The first-order valence-electron chi connectivity index (χ1n) is 8.36. The second-order valence-electron chi connectivity index (χ2n) is 6.54. The number of nitrogens with two attached hydrogens (primary N) is 1. The topological polar surface area (TPSA) is 47.7 Å². The second kappa shape index (κ2) is 8.39. The van der Waals surface area contributed by atoms with Crippen molar-refractivity contribution in [2.75, 3.05) is 33.4 Å². The minimum Gasteiger partial charge on any atom is -0.493 e. The fourth-order valence-corrected chi connectivity index (χ4v) is 2.90. The number of hydrogen-bond donors (Lipinski definition) is 1. The molecule has 0 bridgehead atoms. The van der Waals surface area contributed by atoms with Crippen molar-refractivity contribution >= 4 is 0 Å². The third-order valence-electron chi connectivity index (χ3n) is 4.33. The van der Waals surface area contributed by atoms with Crippen molar-refractivity contribution in [3.63, 3.8) is 0 Å². The zero-order chi connectivity index (χ0) is 15.9. The Bertz CT molecular complexity index is 454. The van der Waals surface area contributed by atoms with Gasteiger partial charge in [-0.15, -0.1) is 0 Å². The van der Waals surface area contributed by atoms with Gasteiger partial charge in [-0.3, -0.25) is 4.90 Å². The van der Waals surface area contributed by atoms with Gasteiger partial charge in [-0.05, 0) is 62.9 Å². The van der Waals surface area contributed by atoms with Crippen LogP contribution in [0.2, 0.25) is 0 Å². The molecule has 2 N–H and O–H groups in total. The zero-order valence-electron chi connectivity index (χ0n) is 14.2. The Balaban J connectivity index is 1.84. The van der Waals surface area contributed by atoms with E-state index in [9.17, 15) is 0 Å². The molecule has 0 saturated carbocycles. The lowest BCUT2D eigenvalue weighted by Crippen LogP contribution is -2.35. The van der Waals surface area contributed by atoms with E-state index in [4.69, 9.17) is 15.2 Å². The number of methoxy groups -OCH3 is 1. The SMILES string of the molecule is COc1cc(CC(C)N)ccc1OCCN1CCC(C)CC1. The molecule has 4 heteroatoms. The molecule has 1 fully saturated rings. The lowest BCUT2D eigenvalue weighted by Gasteiger charge is -2.30. The number of ether oxygens (including phenoxy) is 2. The summed E-state index contributed by atoms with van der Waals surface area (Å²) in [6, 6.07) is 6.25. The summed E-state index contributed by atoms with van der Waals surface area (Å²) < 4.78 is 11.4. The third kappa shape index (κ3) is 5.18. The molecule has 0 aromatic heterocycles. The highest BCUT2D eigenvalue weighted by Crippen LogP contribution is 2.28. The van der Waals surface area contributed by atoms with Gasteiger partial charge in [0, 0.05) is 12.6 Å². The first-order chi connectivity index (χ1) is 10.6. The Morgan fingerprint density at radius 1 is 1.27 bits per heavy atom. The number of rotatable bonds is 7. The molecule has 1 atom stereocenters. The van der Waals surface area contributed by atoms with E-state index in [1.54, 1.807) is 7.11 Å². The minimum atomic E-state index is 0.151. The van der Waals surface area contributed by atoms with Gasteiger partial charge < -0.3 is 15.2 Å². The highest BCUT2D eigenvalue weighted by molar-refractivity contribution is 5.43. The number of nitrogens with zero attached hydrogens (tertiary/aromatic N) is 1. The lowest BCUT2D eigenvalue weighted by molar-refractivity contribution is 0.158. The summed E-state index contributed by atoms with van der Waals surface area (Å²) in [6.45, 7) is 8.41. The van der Waals surface area contributed by atoms with Gasteiger partial charge in [0.1, 0.15) is 6.61 Å². The number of piperidine rings is 1. The zero-order valence-corrected chi connectivity index (χ0v) is 14.2. The van der Waals surface area contributed by atoms with Crippen LogP contribution in [0.4, 0.5) is 0 Å². The van der Waals surface area contributed by atoms with Crippen LogP contribution in [0.3, 0.4) is 0 Å². The van der Waals surface area contributed by atoms with Crippen molar-refractivity contribution in [2.45, 2.75) is 39.2 Å². The van der Waals surface area contributed by atoms with Gasteiger partial charge in [0.15, 0.2) is 11.5 Å². The largest absolute Gasteiger partial charge is 0.493 e. The maximum Gasteiger partial charge on any atom is 0.161 e. The Kier molecular flexibility index (Phi) is 6.52. The molecule has 22 heavy (non-hydrogen) atoms. The standard InChI is InChI=1S/C18H30N2O2/c1-14-6-8-20(9-7-14)10-11-22-17-5-4-16(12-15(2)19)13-18(17)21-3/h4-5,13-15H,6-12,19H2,1-3H3. The molecule has 1 aromatic rings. The predicted molar refractivity (Wildman–Crippen MR) is 90.7 cm³/mol. The predicted octanol–water partition coefficient (Wildman–Crippen LogP) is 2.70. The van der Waals surface area contributed by atoms with Gasteiger partial charge in [-0.25, -0.2) is 0 Å². The molecule has 124 valence electrons. The van der Waals surface area contributed by atoms with E-state index in [-0.39, 0.29) is 6.04 Å². The molecule has 2 rings (SSSR count). The molecule has 0 spiro atoms. The number of likely N-dealkylation sites (tertiary alicyclic amines) is 1. The fraction of sp³-hybridized carbons (Fsp3) is 0.667. The average Bonchev–Trinajstić information content (AvgIpc) is 2.50. The van der Waals surface area contributed by atoms with Crippen LogP contribution in [0.5, 0.6) is 11.5 Å². The van der Waals surface area contributed by atoms with E-state index in [1.807, 2.05) is 19.1 Å². The van der Waals surface area contributed by atoms with Crippen LogP contribution in [-0.2, 0) is 6.42 Å². The monoisotopic (exact) mass is 306 g/mol. The highest BCUT2D eigenvalue weighted by Gasteiger charge is 2.15. The molecule has 1 heterocycles. The van der Waals surface area contributed by atoms with Gasteiger partial charge in [0.25, 0.3) is 0 Å². The molecular formula is C18H30N2O2. The van der Waals surface area contributed by atoms with E-state index in [1.165, 1.54) is 31.5 Å². The van der Waals surface area contributed by atoms with Crippen LogP contribution in [0.1, 0.15) is 32.3 Å². The van der Waals surface area contributed by atoms with Gasteiger partial charge in [-0.1, -0.05) is 13.0 Å². The maximum absolute atomic E-state index is 5.92. The summed E-state index contributed by atoms with van der Waals surface area (Å²) in [6.07, 6.45) is 3.45. The summed E-state index contributed by atoms with van der Waals surface area (Å²) in [7, 11) is 1.68. The van der Waals surface area contributed by atoms with Crippen molar-refractivity contribution in [3.05, 3.63) is 23.8 Å². The third-order valence-corrected chi connectivity index (χ3v) is 4.33. The minimum absolute atomic E-state index is 0.151. The van der Waals surface area contributed by atoms with Crippen molar-refractivity contribution in [1.29, 1.82) is 0 Å². The molecule has 0 amide bonds. The van der Waals surface area contributed by atoms with Crippen LogP contribution in [0.15, 0.2) is 18.2 Å². The van der Waals surface area contributed by atoms with Gasteiger partial charge in [0.05, 0.1) is 7.11 Å². The fourth-order valence-electron chi connectivity index (χ4n) is 2.90. The second-order valence-corrected chi connectivity index (χ2v) is 6.54. The summed E-state index contributed by atoms with van der Waals surface area (Å²) in [5.41, 5.74) is 7.03. The normalized spacial score (nSPS) is 18.2. The van der Waals surface area contributed by atoms with Crippen molar-refractivity contribution in [3.8, 4) is 11.5 Å². The summed E-state index contributed by atoms with van der Waals surface area (Å²) >= 11 is 0. The molecule has 1 aliphatic heterocycles. The first kappa shape index (κ1) is 17.1.